The van der Waals surface area contributed by atoms with Crippen LogP contribution in [0.5, 0.6) is 5.75 Å². The van der Waals surface area contributed by atoms with Crippen molar-refractivity contribution in [1.29, 1.82) is 0 Å². The van der Waals surface area contributed by atoms with Gasteiger partial charge in [0.05, 0.1) is 32.3 Å². The molecule has 0 atom stereocenters. The van der Waals surface area contributed by atoms with Gasteiger partial charge in [-0.05, 0) is 61.2 Å². The Kier molecular flexibility index (Phi) is 6.97. The van der Waals surface area contributed by atoms with Crippen molar-refractivity contribution in [2.45, 2.75) is 39.4 Å². The van der Waals surface area contributed by atoms with Crippen LogP contribution in [0.3, 0.4) is 0 Å². The van der Waals surface area contributed by atoms with E-state index in [2.05, 4.69) is 51.3 Å². The Morgan fingerprint density at radius 2 is 1.85 bits per heavy atom. The Balaban J connectivity index is 1.50. The molecule has 0 saturated heterocycles. The number of urea groups is 1. The van der Waals surface area contributed by atoms with E-state index in [1.165, 1.54) is 10.8 Å². The third-order valence-electron chi connectivity index (χ3n) is 5.70. The number of nitrogens with zero attached hydrogens (tertiary/aromatic N) is 2. The fourth-order valence-electron chi connectivity index (χ4n) is 3.82. The maximum Gasteiger partial charge on any atom is 0.323 e. The van der Waals surface area contributed by atoms with E-state index < -0.39 is 8.07 Å². The van der Waals surface area contributed by atoms with Crippen LogP contribution in [-0.4, -0.2) is 35.7 Å². The molecule has 0 fully saturated rings. The number of carbonyl (C=O) groups is 1. The van der Waals surface area contributed by atoms with E-state index in [1.54, 1.807) is 6.20 Å². The third-order valence-corrected chi connectivity index (χ3v) is 7.74. The number of rotatable bonds is 8. The van der Waals surface area contributed by atoms with Crippen molar-refractivity contribution in [3.63, 3.8) is 0 Å². The molecule has 0 saturated carbocycles. The zero-order valence-electron chi connectivity index (χ0n) is 20.1. The van der Waals surface area contributed by atoms with Crippen LogP contribution in [0.2, 0.25) is 19.6 Å². The largest absolute Gasteiger partial charge is 0.492 e. The van der Waals surface area contributed by atoms with Gasteiger partial charge in [0.15, 0.2) is 0 Å². The lowest BCUT2D eigenvalue weighted by Crippen LogP contribution is -2.37. The molecular weight excluding hydrogens is 442 g/mol. The first-order chi connectivity index (χ1) is 16.3. The second kappa shape index (κ2) is 10.1. The van der Waals surface area contributed by atoms with Gasteiger partial charge in [-0.25, -0.2) is 9.78 Å². The van der Waals surface area contributed by atoms with Gasteiger partial charge in [0.2, 0.25) is 0 Å². The van der Waals surface area contributed by atoms with E-state index in [0.717, 1.165) is 29.4 Å². The zero-order valence-corrected chi connectivity index (χ0v) is 21.1. The molecule has 8 heteroatoms. The van der Waals surface area contributed by atoms with Crippen LogP contribution < -0.4 is 20.6 Å². The first-order valence-corrected chi connectivity index (χ1v) is 15.0. The lowest BCUT2D eigenvalue weighted by Gasteiger charge is -2.20. The Morgan fingerprint density at radius 1 is 1.06 bits per heavy atom. The van der Waals surface area contributed by atoms with Gasteiger partial charge < -0.3 is 20.4 Å². The number of amides is 2. The van der Waals surface area contributed by atoms with E-state index in [-0.39, 0.29) is 6.03 Å². The van der Waals surface area contributed by atoms with Crippen molar-refractivity contribution >= 4 is 41.7 Å². The molecule has 0 aliphatic carbocycles. The molecule has 0 aliphatic rings. The summed E-state index contributed by atoms with van der Waals surface area (Å²) in [6.07, 6.45) is 9.03. The molecule has 2 amide bonds. The van der Waals surface area contributed by atoms with Crippen LogP contribution in [0, 0.1) is 0 Å². The molecule has 3 heterocycles. The molecule has 3 aromatic heterocycles. The summed E-state index contributed by atoms with van der Waals surface area (Å²) in [5.41, 5.74) is 4.50. The summed E-state index contributed by atoms with van der Waals surface area (Å²) in [4.78, 5) is 24.6. The van der Waals surface area contributed by atoms with E-state index in [9.17, 15) is 4.79 Å². The summed E-state index contributed by atoms with van der Waals surface area (Å²) in [5.74, 6) is 0.664. The zero-order chi connectivity index (χ0) is 24.1. The quantitative estimate of drug-likeness (QED) is 0.302. The number of anilines is 2. The predicted octanol–water partition coefficient (Wildman–Crippen LogP) is 5.33. The molecule has 1 aromatic carbocycles. The van der Waals surface area contributed by atoms with Crippen LogP contribution in [-0.2, 0) is 12.8 Å². The lowest BCUT2D eigenvalue weighted by atomic mass is 10.1. The molecule has 0 unspecified atom stereocenters. The van der Waals surface area contributed by atoms with Crippen molar-refractivity contribution in [1.82, 2.24) is 15.0 Å². The molecule has 0 bridgehead atoms. The highest BCUT2D eigenvalue weighted by Crippen LogP contribution is 2.25. The van der Waals surface area contributed by atoms with Gasteiger partial charge in [-0.1, -0.05) is 30.9 Å². The lowest BCUT2D eigenvalue weighted by molar-refractivity contribution is 0.262. The molecule has 4 rings (SSSR count). The van der Waals surface area contributed by atoms with E-state index in [0.29, 0.717) is 23.7 Å². The minimum atomic E-state index is -1.54. The maximum absolute atomic E-state index is 12.9. The highest BCUT2D eigenvalue weighted by atomic mass is 28.3. The van der Waals surface area contributed by atoms with Crippen molar-refractivity contribution in [2.75, 3.05) is 17.2 Å². The van der Waals surface area contributed by atoms with E-state index in [1.807, 2.05) is 55.8 Å². The van der Waals surface area contributed by atoms with Gasteiger partial charge in [0, 0.05) is 24.0 Å². The first kappa shape index (κ1) is 23.5. The number of benzene rings is 1. The first-order valence-electron chi connectivity index (χ1n) is 11.5. The number of hydrogen-bond donors (Lipinski definition) is 3. The van der Waals surface area contributed by atoms with Crippen LogP contribution in [0.1, 0.15) is 18.1 Å². The number of carbonyl (C=O) groups excluding carboxylic acids is 1. The van der Waals surface area contributed by atoms with Crippen LogP contribution >= 0.6 is 0 Å². The summed E-state index contributed by atoms with van der Waals surface area (Å²) < 4.78 is 5.73. The number of hydrogen-bond acceptors (Lipinski definition) is 4. The number of fused-ring (bicyclic) bond motifs is 1. The number of pyridine rings is 2. The van der Waals surface area contributed by atoms with Gasteiger partial charge >= 0.3 is 6.03 Å². The maximum atomic E-state index is 12.9. The fraction of sp³-hybridized carbons (Fsp3) is 0.269. The SMILES string of the molecule is CCOc1ccc([Si](C)(C)C)cc1NC(=O)Nc1cnc2[nH]cc(CCc3ccncc3)c2c1. The highest BCUT2D eigenvalue weighted by molar-refractivity contribution is 6.88. The smallest absolute Gasteiger partial charge is 0.323 e. The average Bonchev–Trinajstić information content (AvgIpc) is 3.21. The Labute approximate surface area is 201 Å². The predicted molar refractivity (Wildman–Crippen MR) is 141 cm³/mol. The normalized spacial score (nSPS) is 11.4. The second-order valence-electron chi connectivity index (χ2n) is 9.26. The van der Waals surface area contributed by atoms with Crippen molar-refractivity contribution in [3.8, 4) is 5.75 Å². The highest BCUT2D eigenvalue weighted by Gasteiger charge is 2.19. The van der Waals surface area contributed by atoms with Crippen LogP contribution in [0.15, 0.2) is 61.2 Å². The molecule has 34 heavy (non-hydrogen) atoms. The number of nitrogens with one attached hydrogen (secondary N) is 3. The number of aromatic amines is 1. The summed E-state index contributed by atoms with van der Waals surface area (Å²) in [5, 5.41) is 8.14. The van der Waals surface area contributed by atoms with Crippen molar-refractivity contribution < 1.29 is 9.53 Å². The van der Waals surface area contributed by atoms with Gasteiger partial charge in [-0.15, -0.1) is 0 Å². The third kappa shape index (κ3) is 5.63. The summed E-state index contributed by atoms with van der Waals surface area (Å²) in [6.45, 7) is 9.28. The van der Waals surface area contributed by atoms with Crippen LogP contribution in [0.25, 0.3) is 11.0 Å². The van der Waals surface area contributed by atoms with Gasteiger partial charge in [-0.3, -0.25) is 4.98 Å². The Morgan fingerprint density at radius 3 is 2.59 bits per heavy atom. The van der Waals surface area contributed by atoms with E-state index in [4.69, 9.17) is 4.74 Å². The molecular formula is C26H31N5O2Si. The van der Waals surface area contributed by atoms with Gasteiger partial charge in [0.1, 0.15) is 11.4 Å². The molecule has 3 N–H and O–H groups in total. The Hall–Kier alpha value is -3.65. The van der Waals surface area contributed by atoms with Crippen molar-refractivity contribution in [3.05, 3.63) is 72.3 Å². The van der Waals surface area contributed by atoms with Crippen molar-refractivity contribution in [2.24, 2.45) is 0 Å². The van der Waals surface area contributed by atoms with Gasteiger partial charge in [0.25, 0.3) is 0 Å². The topological polar surface area (TPSA) is 91.9 Å². The second-order valence-corrected chi connectivity index (χ2v) is 14.3. The van der Waals surface area contributed by atoms with Crippen LogP contribution in [0.4, 0.5) is 16.2 Å². The molecule has 0 radical (unpaired) electrons. The standard InChI is InChI=1S/C26H31N5O2Si/c1-5-33-24-9-8-21(34(2,3)4)15-23(24)31-26(32)30-20-14-22-19(16-28-25(22)29-17-20)7-6-18-10-12-27-13-11-18/h8-17H,5-7H2,1-4H3,(H,28,29)(H2,30,31,32). The Bertz CT molecular complexity index is 1280. The molecule has 4 aromatic rings. The summed E-state index contributed by atoms with van der Waals surface area (Å²) >= 11 is 0. The minimum absolute atomic E-state index is 0.330. The summed E-state index contributed by atoms with van der Waals surface area (Å²) in [7, 11) is -1.54. The van der Waals surface area contributed by atoms with E-state index >= 15 is 0 Å². The fourth-order valence-corrected chi connectivity index (χ4v) is 4.98. The number of aromatic nitrogens is 3. The molecule has 7 nitrogen and oxygen atoms in total. The number of ether oxygens (including phenoxy) is 1. The number of H-pyrrole nitrogens is 1. The number of aryl methyl sites for hydroxylation is 2. The summed E-state index contributed by atoms with van der Waals surface area (Å²) in [6, 6.07) is 11.7. The molecule has 176 valence electrons. The average molecular weight is 474 g/mol. The molecule has 0 spiro atoms. The molecule has 0 aliphatic heterocycles. The minimum Gasteiger partial charge on any atom is -0.492 e. The van der Waals surface area contributed by atoms with Gasteiger partial charge in [-0.2, -0.15) is 0 Å². The monoisotopic (exact) mass is 473 g/mol.